The molecule has 10 nitrogen and oxygen atoms in total. The molecular weight excluding hydrogens is 626 g/mol. The Balaban J connectivity index is 1.43. The Morgan fingerprint density at radius 2 is 1.71 bits per heavy atom. The van der Waals surface area contributed by atoms with Crippen LogP contribution in [-0.2, 0) is 27.7 Å². The van der Waals surface area contributed by atoms with E-state index in [0.29, 0.717) is 30.2 Å². The molecule has 3 heterocycles. The second-order valence-electron chi connectivity index (χ2n) is 12.1. The summed E-state index contributed by atoms with van der Waals surface area (Å²) in [5, 5.41) is 8.70. The third kappa shape index (κ3) is 6.60. The maximum atomic E-state index is 14.5. The largest absolute Gasteiger partial charge is 0.655 e. The summed E-state index contributed by atoms with van der Waals surface area (Å²) in [7, 11) is -1.19. The van der Waals surface area contributed by atoms with Gasteiger partial charge in [-0.25, -0.2) is 4.98 Å². The highest BCUT2D eigenvalue weighted by Crippen LogP contribution is 2.42. The molecule has 2 aliphatic rings. The van der Waals surface area contributed by atoms with Crippen LogP contribution in [0.5, 0.6) is 11.5 Å². The van der Waals surface area contributed by atoms with Crippen LogP contribution in [0, 0.1) is 0 Å². The molecule has 2 amide bonds. The maximum Gasteiger partial charge on any atom is 0.655 e. The van der Waals surface area contributed by atoms with E-state index in [0.717, 1.165) is 12.1 Å². The highest BCUT2D eigenvalue weighted by atomic mass is 19.4. The van der Waals surface area contributed by atoms with Crippen molar-refractivity contribution in [3.8, 4) is 11.5 Å². The highest BCUT2D eigenvalue weighted by Gasteiger charge is 2.50. The lowest BCUT2D eigenvalue weighted by atomic mass is 9.80. The second-order valence-corrected chi connectivity index (χ2v) is 12.1. The Labute approximate surface area is 274 Å². The molecular formula is C34H33BF3N5O5. The van der Waals surface area contributed by atoms with Gasteiger partial charge in [-0.05, 0) is 54.8 Å². The van der Waals surface area contributed by atoms with E-state index in [-0.39, 0.29) is 48.0 Å². The van der Waals surface area contributed by atoms with E-state index in [1.54, 1.807) is 55.5 Å². The van der Waals surface area contributed by atoms with E-state index in [1.807, 2.05) is 13.0 Å². The van der Waals surface area contributed by atoms with Gasteiger partial charge in [-0.1, -0.05) is 56.3 Å². The predicted octanol–water partition coefficient (Wildman–Crippen LogP) is 4.80. The standard InChI is InChI=1S/C34H33BF3N5O5/c1-3-16-39-30(45)24-18-33(2,19-27(44)41-23-12-5-4-6-13-23)32-42-29(35-47-25-14-7-8-15-26(25)48-35)28(31(46)43(24)32)40-20-21-10-9-11-22(17-21)34(36,37)38/h4-15,17,24,40H,3,16,18-20H2,1-2H3,(H,39,45)(H,41,44). The fraction of sp³-hybridized carbons (Fsp3) is 0.294. The average molecular weight is 659 g/mol. The Bertz CT molecular complexity index is 1880. The number of nitrogens with zero attached hydrogens (tertiary/aromatic N) is 2. The number of para-hydroxylation sites is 3. The van der Waals surface area contributed by atoms with Crippen molar-refractivity contribution < 1.29 is 32.1 Å². The minimum atomic E-state index is -4.55. The van der Waals surface area contributed by atoms with Gasteiger partial charge in [-0.2, -0.15) is 13.2 Å². The number of rotatable bonds is 10. The molecule has 2 atom stereocenters. The zero-order chi connectivity index (χ0) is 34.1. The molecule has 0 fully saturated rings. The predicted molar refractivity (Wildman–Crippen MR) is 174 cm³/mol. The fourth-order valence-corrected chi connectivity index (χ4v) is 6.08. The number of amides is 2. The molecule has 3 N–H and O–H groups in total. The summed E-state index contributed by atoms with van der Waals surface area (Å²) in [6, 6.07) is 19.5. The number of aromatic nitrogens is 2. The van der Waals surface area contributed by atoms with Crippen molar-refractivity contribution in [3.05, 3.63) is 106 Å². The Hall–Kier alpha value is -5.27. The zero-order valence-electron chi connectivity index (χ0n) is 26.3. The van der Waals surface area contributed by atoms with Gasteiger partial charge in [0.05, 0.1) is 5.56 Å². The third-order valence-corrected chi connectivity index (χ3v) is 8.36. The Kier molecular flexibility index (Phi) is 8.91. The summed E-state index contributed by atoms with van der Waals surface area (Å²) in [4.78, 5) is 46.3. The van der Waals surface area contributed by atoms with E-state index in [4.69, 9.17) is 14.3 Å². The highest BCUT2D eigenvalue weighted by molar-refractivity contribution is 6.64. The molecule has 0 saturated heterocycles. The van der Waals surface area contributed by atoms with E-state index >= 15 is 0 Å². The molecule has 4 aromatic rings. The minimum absolute atomic E-state index is 0.0405. The molecule has 0 saturated carbocycles. The average Bonchev–Trinajstić information content (AvgIpc) is 3.62. The number of nitrogens with one attached hydrogen (secondary N) is 3. The van der Waals surface area contributed by atoms with Crippen molar-refractivity contribution >= 4 is 35.9 Å². The lowest BCUT2D eigenvalue weighted by molar-refractivity contribution is -0.137. The Morgan fingerprint density at radius 3 is 2.38 bits per heavy atom. The van der Waals surface area contributed by atoms with Crippen molar-refractivity contribution in [2.45, 2.75) is 57.3 Å². The quantitative estimate of drug-likeness (QED) is 0.209. The van der Waals surface area contributed by atoms with E-state index in [1.165, 1.54) is 16.7 Å². The number of halogens is 3. The molecule has 0 aliphatic carbocycles. The molecule has 6 rings (SSSR count). The summed E-state index contributed by atoms with van der Waals surface area (Å²) in [5.41, 5.74) is -1.76. The summed E-state index contributed by atoms with van der Waals surface area (Å²) >= 11 is 0. The molecule has 1 aromatic heterocycles. The van der Waals surface area contributed by atoms with Crippen LogP contribution in [0.15, 0.2) is 83.7 Å². The Morgan fingerprint density at radius 1 is 1.02 bits per heavy atom. The van der Waals surface area contributed by atoms with Gasteiger partial charge in [0.1, 0.15) is 34.6 Å². The molecule has 2 unspecified atom stereocenters. The van der Waals surface area contributed by atoms with E-state index in [9.17, 15) is 27.6 Å². The first kappa shape index (κ1) is 32.7. The van der Waals surface area contributed by atoms with Crippen molar-refractivity contribution in [1.29, 1.82) is 0 Å². The van der Waals surface area contributed by atoms with Gasteiger partial charge in [0, 0.05) is 30.6 Å². The summed E-state index contributed by atoms with van der Waals surface area (Å²) in [6.07, 6.45) is -3.90. The van der Waals surface area contributed by atoms with Crippen LogP contribution >= 0.6 is 0 Å². The van der Waals surface area contributed by atoms with Gasteiger partial charge in [0.2, 0.25) is 11.8 Å². The van der Waals surface area contributed by atoms with Crippen LogP contribution in [0.3, 0.4) is 0 Å². The van der Waals surface area contributed by atoms with Crippen LogP contribution in [0.25, 0.3) is 0 Å². The first-order valence-electron chi connectivity index (χ1n) is 15.6. The number of anilines is 2. The lowest BCUT2D eigenvalue weighted by Crippen LogP contribution is -2.49. The molecule has 48 heavy (non-hydrogen) atoms. The first-order valence-corrected chi connectivity index (χ1v) is 15.6. The summed E-state index contributed by atoms with van der Waals surface area (Å²) in [6.45, 7) is 3.87. The second kappa shape index (κ2) is 13.1. The SMILES string of the molecule is CCCNC(=O)C1CC(C)(CC(=O)Nc2ccccc2)c2nc(B3Oc4ccccc4O3)c(NCc3cccc(C(F)(F)F)c3)c(=O)n21. The topological polar surface area (TPSA) is 124 Å². The number of alkyl halides is 3. The number of carbonyl (C=O) groups is 2. The molecule has 248 valence electrons. The molecule has 14 heteroatoms. The van der Waals surface area contributed by atoms with Crippen LogP contribution in [0.4, 0.5) is 24.5 Å². The van der Waals surface area contributed by atoms with Gasteiger partial charge in [0.25, 0.3) is 5.56 Å². The van der Waals surface area contributed by atoms with Gasteiger partial charge in [-0.3, -0.25) is 19.0 Å². The van der Waals surface area contributed by atoms with E-state index < -0.39 is 41.8 Å². The third-order valence-electron chi connectivity index (χ3n) is 8.36. The van der Waals surface area contributed by atoms with Crippen LogP contribution < -0.4 is 36.4 Å². The monoisotopic (exact) mass is 659 g/mol. The minimum Gasteiger partial charge on any atom is -0.518 e. The molecule has 3 aromatic carbocycles. The van der Waals surface area contributed by atoms with Crippen molar-refractivity contribution in [2.24, 2.45) is 0 Å². The zero-order valence-corrected chi connectivity index (χ0v) is 26.3. The fourth-order valence-electron chi connectivity index (χ4n) is 6.08. The van der Waals surface area contributed by atoms with Gasteiger partial charge in [0.15, 0.2) is 0 Å². The molecule has 0 bridgehead atoms. The number of carbonyl (C=O) groups excluding carboxylic acids is 2. The molecule has 2 aliphatic heterocycles. The summed E-state index contributed by atoms with van der Waals surface area (Å²) in [5.74, 6) is 0.265. The first-order chi connectivity index (χ1) is 23.0. The van der Waals surface area contributed by atoms with Gasteiger partial charge < -0.3 is 25.3 Å². The lowest BCUT2D eigenvalue weighted by Gasteiger charge is -2.24. The molecule has 0 radical (unpaired) electrons. The van der Waals surface area contributed by atoms with E-state index in [2.05, 4.69) is 16.0 Å². The molecule has 0 spiro atoms. The van der Waals surface area contributed by atoms with Crippen LogP contribution in [-0.4, -0.2) is 35.0 Å². The van der Waals surface area contributed by atoms with Gasteiger partial charge in [-0.15, -0.1) is 0 Å². The van der Waals surface area contributed by atoms with Crippen molar-refractivity contribution in [2.75, 3.05) is 17.2 Å². The van der Waals surface area contributed by atoms with Gasteiger partial charge >= 0.3 is 13.3 Å². The summed E-state index contributed by atoms with van der Waals surface area (Å²) < 4.78 is 53.7. The normalized spacial score (nSPS) is 17.9. The number of hydrogen-bond acceptors (Lipinski definition) is 7. The van der Waals surface area contributed by atoms with Crippen LogP contribution in [0.1, 0.15) is 56.1 Å². The van der Waals surface area contributed by atoms with Crippen LogP contribution in [0.2, 0.25) is 0 Å². The smallest absolute Gasteiger partial charge is 0.518 e. The van der Waals surface area contributed by atoms with Crippen molar-refractivity contribution in [3.63, 3.8) is 0 Å². The number of fused-ring (bicyclic) bond motifs is 2. The number of hydrogen-bond donors (Lipinski definition) is 3. The number of benzene rings is 3. The maximum absolute atomic E-state index is 14.5. The van der Waals surface area contributed by atoms with Crippen molar-refractivity contribution in [1.82, 2.24) is 14.9 Å².